The van der Waals surface area contributed by atoms with E-state index in [1.54, 1.807) is 13.0 Å². The molecule has 1 spiro atoms. The van der Waals surface area contributed by atoms with E-state index in [9.17, 15) is 24.6 Å². The maximum Gasteiger partial charge on any atom is 0.342 e. The Labute approximate surface area is 213 Å². The molecule has 2 N–H and O–H groups in total. The molecule has 4 saturated heterocycles. The third kappa shape index (κ3) is 1.65. The number of esters is 2. The molecule has 3 saturated carbocycles. The van der Waals surface area contributed by atoms with Crippen molar-refractivity contribution in [3.8, 4) is 0 Å². The summed E-state index contributed by atoms with van der Waals surface area (Å²) < 4.78 is 25.6. The summed E-state index contributed by atoms with van der Waals surface area (Å²) in [5, 5.41) is 25.7. The second kappa shape index (κ2) is 5.48. The van der Waals surface area contributed by atoms with Crippen LogP contribution in [0.2, 0.25) is 0 Å². The first kappa shape index (κ1) is 21.8. The van der Waals surface area contributed by atoms with Gasteiger partial charge in [-0.1, -0.05) is 24.6 Å². The standard InChI is InChI=1S/C28H30O9/c1-22-10-17-24(3)27-20(22)26(33)14(9-25(27,32)21(31)36-24)18-13(8-7-12-5-4-6-16(29)23(12,18)2)28(26,37-27)34-11-15(22)19(30)35-17/h4,6-7,13-15,17-18,20,32-33H,5,8-11H2,1-3H3/t13?,14-,15+,17?,18-,20-,22-,23-,24+,25+,26-,27?,28-/m1/s1. The fraction of sp³-hybridized carbons (Fsp3) is 0.750. The zero-order valence-corrected chi connectivity index (χ0v) is 21.0. The maximum absolute atomic E-state index is 13.7. The SMILES string of the molecule is C[C@]12C(=O)C=CCC1=CCC1[C@@H]2[C@H]2C[C@]3(O)C(=O)O[C@@]4(C)C5C[C@@]6(C)[C@H]7C43O[C@@]1(OC[C@H]6C(=O)O5)[C@@]27O. The molecule has 9 rings (SSSR count). The van der Waals surface area contributed by atoms with Gasteiger partial charge in [0, 0.05) is 17.8 Å². The predicted molar refractivity (Wildman–Crippen MR) is 121 cm³/mol. The Morgan fingerprint density at radius 2 is 1.84 bits per heavy atom. The summed E-state index contributed by atoms with van der Waals surface area (Å²) in [4.78, 5) is 40.7. The van der Waals surface area contributed by atoms with Gasteiger partial charge in [-0.25, -0.2) is 4.79 Å². The monoisotopic (exact) mass is 510 g/mol. The van der Waals surface area contributed by atoms with E-state index in [4.69, 9.17) is 18.9 Å². The highest BCUT2D eigenvalue weighted by Gasteiger charge is 3.01. The first-order valence-corrected chi connectivity index (χ1v) is 13.5. The highest BCUT2D eigenvalue weighted by molar-refractivity contribution is 5.99. The van der Waals surface area contributed by atoms with Crippen LogP contribution in [0.5, 0.6) is 0 Å². The molecule has 9 aliphatic rings. The summed E-state index contributed by atoms with van der Waals surface area (Å²) in [6.07, 6.45) is 6.15. The number of hydrogen-bond acceptors (Lipinski definition) is 9. The van der Waals surface area contributed by atoms with Crippen molar-refractivity contribution >= 4 is 17.7 Å². The summed E-state index contributed by atoms with van der Waals surface area (Å²) in [7, 11) is 0. The van der Waals surface area contributed by atoms with Gasteiger partial charge in [-0.3, -0.25) is 9.59 Å². The molecule has 3 unspecified atom stereocenters. The molecule has 37 heavy (non-hydrogen) atoms. The van der Waals surface area contributed by atoms with E-state index in [0.717, 1.165) is 5.57 Å². The Bertz CT molecular complexity index is 1340. The molecule has 0 amide bonds. The van der Waals surface area contributed by atoms with Crippen LogP contribution in [0.1, 0.15) is 46.5 Å². The van der Waals surface area contributed by atoms with Crippen molar-refractivity contribution in [2.45, 2.75) is 80.7 Å². The average Bonchev–Trinajstić information content (AvgIpc) is 3.21. The van der Waals surface area contributed by atoms with Crippen molar-refractivity contribution in [1.29, 1.82) is 0 Å². The number of carbonyl (C=O) groups is 3. The van der Waals surface area contributed by atoms with Crippen molar-refractivity contribution < 1.29 is 43.5 Å². The van der Waals surface area contributed by atoms with Gasteiger partial charge < -0.3 is 29.2 Å². The number of allylic oxidation sites excluding steroid dienone is 4. The molecule has 5 aliphatic carbocycles. The molecular weight excluding hydrogens is 480 g/mol. The van der Waals surface area contributed by atoms with Gasteiger partial charge in [0.15, 0.2) is 22.6 Å². The van der Waals surface area contributed by atoms with Crippen molar-refractivity contribution in [1.82, 2.24) is 0 Å². The van der Waals surface area contributed by atoms with Crippen LogP contribution in [0.15, 0.2) is 23.8 Å². The lowest BCUT2D eigenvalue weighted by molar-refractivity contribution is -0.372. The molecule has 4 aliphatic heterocycles. The lowest BCUT2D eigenvalue weighted by Gasteiger charge is -2.66. The highest BCUT2D eigenvalue weighted by Crippen LogP contribution is 2.85. The number of aliphatic hydroxyl groups is 2. The zero-order chi connectivity index (χ0) is 25.8. The second-order valence-corrected chi connectivity index (χ2v) is 13.7. The minimum atomic E-state index is -2.09. The van der Waals surface area contributed by atoms with Crippen LogP contribution < -0.4 is 0 Å². The van der Waals surface area contributed by atoms with E-state index in [0.29, 0.717) is 19.3 Å². The van der Waals surface area contributed by atoms with Crippen molar-refractivity contribution in [3.63, 3.8) is 0 Å². The molecule has 9 nitrogen and oxygen atoms in total. The number of fused-ring (bicyclic) bond motifs is 6. The van der Waals surface area contributed by atoms with Crippen LogP contribution in [-0.2, 0) is 33.3 Å². The minimum absolute atomic E-state index is 0.00202. The van der Waals surface area contributed by atoms with Gasteiger partial charge in [0.2, 0.25) is 5.79 Å². The second-order valence-electron chi connectivity index (χ2n) is 13.7. The smallest absolute Gasteiger partial charge is 0.342 e. The third-order valence-electron chi connectivity index (χ3n) is 12.9. The van der Waals surface area contributed by atoms with E-state index in [-0.39, 0.29) is 18.8 Å². The fourth-order valence-electron chi connectivity index (χ4n) is 11.6. The lowest BCUT2D eigenvalue weighted by Crippen LogP contribution is -2.82. The van der Waals surface area contributed by atoms with Crippen LogP contribution in [-0.4, -0.2) is 68.8 Å². The van der Waals surface area contributed by atoms with Crippen molar-refractivity contribution in [2.24, 2.45) is 40.4 Å². The van der Waals surface area contributed by atoms with Gasteiger partial charge in [0.05, 0.1) is 17.9 Å². The number of hydrogen-bond donors (Lipinski definition) is 2. The normalized spacial score (nSPS) is 65.0. The Balaban J connectivity index is 1.39. The van der Waals surface area contributed by atoms with Crippen LogP contribution in [0.3, 0.4) is 0 Å². The maximum atomic E-state index is 13.7. The minimum Gasteiger partial charge on any atom is -0.458 e. The number of rotatable bonds is 0. The van der Waals surface area contributed by atoms with E-state index >= 15 is 0 Å². The molecule has 9 heteroatoms. The van der Waals surface area contributed by atoms with Crippen molar-refractivity contribution in [3.05, 3.63) is 23.8 Å². The van der Waals surface area contributed by atoms with Crippen LogP contribution in [0, 0.1) is 40.4 Å². The van der Waals surface area contributed by atoms with Crippen molar-refractivity contribution in [2.75, 3.05) is 6.61 Å². The molecule has 4 heterocycles. The molecule has 196 valence electrons. The average molecular weight is 511 g/mol. The molecule has 13 atom stereocenters. The van der Waals surface area contributed by atoms with E-state index in [1.807, 2.05) is 19.9 Å². The van der Waals surface area contributed by atoms with Gasteiger partial charge >= 0.3 is 11.9 Å². The summed E-state index contributed by atoms with van der Waals surface area (Å²) in [6, 6.07) is 0. The van der Waals surface area contributed by atoms with Crippen LogP contribution in [0.25, 0.3) is 0 Å². The summed E-state index contributed by atoms with van der Waals surface area (Å²) >= 11 is 0. The van der Waals surface area contributed by atoms with E-state index < -0.39 is 86.7 Å². The fourth-order valence-corrected chi connectivity index (χ4v) is 11.6. The highest BCUT2D eigenvalue weighted by atomic mass is 16.8. The Kier molecular flexibility index (Phi) is 3.23. The molecule has 6 bridgehead atoms. The molecule has 0 aromatic carbocycles. The number of ketones is 1. The first-order valence-electron chi connectivity index (χ1n) is 13.5. The molecular formula is C28H30O9. The summed E-state index contributed by atoms with van der Waals surface area (Å²) in [6.45, 7) is 5.53. The topological polar surface area (TPSA) is 129 Å². The molecule has 0 aromatic rings. The van der Waals surface area contributed by atoms with Gasteiger partial charge in [-0.15, -0.1) is 0 Å². The van der Waals surface area contributed by atoms with E-state index in [1.165, 1.54) is 0 Å². The number of carbonyl (C=O) groups excluding carboxylic acids is 3. The Morgan fingerprint density at radius 3 is 2.62 bits per heavy atom. The zero-order valence-electron chi connectivity index (χ0n) is 21.0. The number of ether oxygens (including phenoxy) is 4. The predicted octanol–water partition coefficient (Wildman–Crippen LogP) is 0.959. The Morgan fingerprint density at radius 1 is 1.05 bits per heavy atom. The quantitative estimate of drug-likeness (QED) is 0.362. The van der Waals surface area contributed by atoms with Crippen LogP contribution in [0.4, 0.5) is 0 Å². The van der Waals surface area contributed by atoms with E-state index in [2.05, 4.69) is 6.08 Å². The molecule has 7 fully saturated rings. The van der Waals surface area contributed by atoms with Gasteiger partial charge in [-0.2, -0.15) is 0 Å². The largest absolute Gasteiger partial charge is 0.458 e. The molecule has 0 aromatic heterocycles. The third-order valence-corrected chi connectivity index (χ3v) is 12.9. The summed E-state index contributed by atoms with van der Waals surface area (Å²) in [5.74, 6) is -5.97. The van der Waals surface area contributed by atoms with Gasteiger partial charge in [0.25, 0.3) is 0 Å². The van der Waals surface area contributed by atoms with Gasteiger partial charge in [0.1, 0.15) is 11.7 Å². The van der Waals surface area contributed by atoms with Crippen LogP contribution >= 0.6 is 0 Å². The summed E-state index contributed by atoms with van der Waals surface area (Å²) in [5.41, 5.74) is -7.71. The van der Waals surface area contributed by atoms with Gasteiger partial charge in [-0.05, 0) is 56.9 Å². The first-order chi connectivity index (χ1) is 17.4. The Hall–Kier alpha value is -2.07. The molecule has 0 radical (unpaired) electrons. The lowest BCUT2D eigenvalue weighted by atomic mass is 9.39.